The number of aromatic nitrogens is 1. The first-order valence-corrected chi connectivity index (χ1v) is 13.8. The highest BCUT2D eigenvalue weighted by atomic mass is 16.7. The highest BCUT2D eigenvalue weighted by molar-refractivity contribution is 5.96. The van der Waals surface area contributed by atoms with Crippen molar-refractivity contribution in [3.8, 4) is 0 Å². The van der Waals surface area contributed by atoms with Crippen molar-refractivity contribution in [1.29, 1.82) is 0 Å². The summed E-state index contributed by atoms with van der Waals surface area (Å²) in [6.45, 7) is 13.3. The van der Waals surface area contributed by atoms with E-state index < -0.39 is 11.2 Å². The minimum atomic E-state index is -0.488. The zero-order valence-electron chi connectivity index (χ0n) is 25.3. The van der Waals surface area contributed by atoms with Gasteiger partial charge >= 0.3 is 12.2 Å². The molecule has 2 aliphatic rings. The SMILES string of the molecule is CC(C)(C)OC(=O)N1CCC(C(=O)c2ccccn2)CC1.CON(C)C(=O)C1CCN(C(=O)OC(C)(C)C)CC1. The highest BCUT2D eigenvalue weighted by Crippen LogP contribution is 2.23. The largest absolute Gasteiger partial charge is 0.444 e. The summed E-state index contributed by atoms with van der Waals surface area (Å²) in [4.78, 5) is 60.4. The standard InChI is InChI=1S/C16H22N2O3.C13H24N2O4/c1-16(2,3)21-15(20)18-10-7-12(8-11-18)14(19)13-6-4-5-9-17-13;1-13(2,3)19-12(17)15-8-6-10(7-9-15)11(16)14(4)18-5/h4-6,9,12H,7-8,10-11H2,1-3H3;10H,6-9H2,1-5H3. The van der Waals surface area contributed by atoms with Crippen molar-refractivity contribution in [3.63, 3.8) is 0 Å². The van der Waals surface area contributed by atoms with Gasteiger partial charge in [0.25, 0.3) is 0 Å². The van der Waals surface area contributed by atoms with Crippen molar-refractivity contribution in [2.45, 2.75) is 78.4 Å². The number of nitrogens with zero attached hydrogens (tertiary/aromatic N) is 4. The molecule has 11 nitrogen and oxygen atoms in total. The number of amides is 3. The van der Waals surface area contributed by atoms with Crippen LogP contribution in [-0.4, -0.2) is 95.3 Å². The lowest BCUT2D eigenvalue weighted by Crippen LogP contribution is -2.45. The number of piperidine rings is 2. The van der Waals surface area contributed by atoms with Crippen LogP contribution >= 0.6 is 0 Å². The second kappa shape index (κ2) is 14.4. The Balaban J connectivity index is 0.000000282. The van der Waals surface area contributed by atoms with E-state index >= 15 is 0 Å². The van der Waals surface area contributed by atoms with E-state index in [2.05, 4.69) is 4.98 Å². The maximum atomic E-state index is 12.3. The van der Waals surface area contributed by atoms with Gasteiger partial charge < -0.3 is 19.3 Å². The van der Waals surface area contributed by atoms with Crippen LogP contribution in [0.25, 0.3) is 0 Å². The normalized spacial score (nSPS) is 16.9. The summed E-state index contributed by atoms with van der Waals surface area (Å²) in [6, 6.07) is 5.35. The van der Waals surface area contributed by atoms with Crippen LogP contribution < -0.4 is 0 Å². The third-order valence-electron chi connectivity index (χ3n) is 6.51. The van der Waals surface area contributed by atoms with Crippen molar-refractivity contribution in [2.75, 3.05) is 40.3 Å². The minimum Gasteiger partial charge on any atom is -0.444 e. The molecule has 0 aromatic carbocycles. The van der Waals surface area contributed by atoms with E-state index in [1.807, 2.05) is 47.6 Å². The molecule has 40 heavy (non-hydrogen) atoms. The fraction of sp³-hybridized carbons (Fsp3) is 0.690. The summed E-state index contributed by atoms with van der Waals surface area (Å²) in [6.07, 6.45) is 3.63. The predicted octanol–water partition coefficient (Wildman–Crippen LogP) is 4.56. The number of likely N-dealkylation sites (tertiary alicyclic amines) is 2. The topological polar surface area (TPSA) is 119 Å². The van der Waals surface area contributed by atoms with Gasteiger partial charge in [0.1, 0.15) is 16.9 Å². The van der Waals surface area contributed by atoms with Gasteiger partial charge in [-0.1, -0.05) is 6.07 Å². The molecule has 11 heteroatoms. The van der Waals surface area contributed by atoms with E-state index in [9.17, 15) is 19.2 Å². The van der Waals surface area contributed by atoms with Crippen molar-refractivity contribution in [3.05, 3.63) is 30.1 Å². The van der Waals surface area contributed by atoms with Gasteiger partial charge in [0.2, 0.25) is 5.91 Å². The molecule has 224 valence electrons. The Labute approximate surface area is 238 Å². The lowest BCUT2D eigenvalue weighted by atomic mass is 9.91. The highest BCUT2D eigenvalue weighted by Gasteiger charge is 2.32. The predicted molar refractivity (Wildman–Crippen MR) is 149 cm³/mol. The average Bonchev–Trinajstić information content (AvgIpc) is 2.91. The van der Waals surface area contributed by atoms with Crippen LogP contribution in [0.15, 0.2) is 24.4 Å². The van der Waals surface area contributed by atoms with Crippen LogP contribution in [0.3, 0.4) is 0 Å². The Morgan fingerprint density at radius 3 is 1.62 bits per heavy atom. The number of ketones is 1. The summed E-state index contributed by atoms with van der Waals surface area (Å²) >= 11 is 0. The number of hydroxylamine groups is 2. The fourth-order valence-electron chi connectivity index (χ4n) is 4.35. The van der Waals surface area contributed by atoms with E-state index in [-0.39, 0.29) is 35.7 Å². The summed E-state index contributed by atoms with van der Waals surface area (Å²) < 4.78 is 10.7. The van der Waals surface area contributed by atoms with Crippen molar-refractivity contribution in [2.24, 2.45) is 11.8 Å². The van der Waals surface area contributed by atoms with E-state index in [0.29, 0.717) is 57.6 Å². The van der Waals surface area contributed by atoms with Crippen LogP contribution in [-0.2, 0) is 19.1 Å². The van der Waals surface area contributed by atoms with E-state index in [1.165, 1.54) is 12.2 Å². The molecule has 0 radical (unpaired) electrons. The third kappa shape index (κ3) is 10.7. The second-order valence-electron chi connectivity index (χ2n) is 12.1. The molecule has 1 aromatic heterocycles. The molecule has 0 bridgehead atoms. The van der Waals surface area contributed by atoms with E-state index in [1.54, 1.807) is 35.2 Å². The number of Topliss-reactive ketones (excluding diaryl/α,β-unsaturated/α-hetero) is 1. The molecule has 3 amide bonds. The van der Waals surface area contributed by atoms with Gasteiger partial charge in [-0.2, -0.15) is 0 Å². The Bertz CT molecular complexity index is 988. The molecule has 0 saturated carbocycles. The van der Waals surface area contributed by atoms with Crippen LogP contribution in [0, 0.1) is 11.8 Å². The fourth-order valence-corrected chi connectivity index (χ4v) is 4.35. The summed E-state index contributed by atoms with van der Waals surface area (Å²) in [5, 5.41) is 1.24. The first kappa shape index (κ1) is 33.0. The maximum Gasteiger partial charge on any atom is 0.410 e. The Morgan fingerprint density at radius 2 is 1.25 bits per heavy atom. The van der Waals surface area contributed by atoms with Crippen LogP contribution in [0.4, 0.5) is 9.59 Å². The molecule has 0 N–H and O–H groups in total. The summed E-state index contributed by atoms with van der Waals surface area (Å²) in [7, 11) is 3.07. The number of hydrogen-bond donors (Lipinski definition) is 0. The smallest absolute Gasteiger partial charge is 0.410 e. The third-order valence-corrected chi connectivity index (χ3v) is 6.51. The quantitative estimate of drug-likeness (QED) is 0.387. The molecular weight excluding hydrogens is 516 g/mol. The molecule has 1 aromatic rings. The van der Waals surface area contributed by atoms with Gasteiger partial charge in [-0.15, -0.1) is 0 Å². The molecule has 3 heterocycles. The first-order valence-electron chi connectivity index (χ1n) is 13.8. The molecule has 0 aliphatic carbocycles. The molecule has 0 atom stereocenters. The zero-order chi connectivity index (χ0) is 30.1. The Hall–Kier alpha value is -3.21. The number of pyridine rings is 1. The second-order valence-corrected chi connectivity index (χ2v) is 12.1. The summed E-state index contributed by atoms with van der Waals surface area (Å²) in [5.74, 6) is -0.104. The Kier molecular flexibility index (Phi) is 11.9. The van der Waals surface area contributed by atoms with Crippen LogP contribution in [0.2, 0.25) is 0 Å². The lowest BCUT2D eigenvalue weighted by Gasteiger charge is -2.33. The lowest BCUT2D eigenvalue weighted by molar-refractivity contribution is -0.174. The Morgan fingerprint density at radius 1 is 0.800 bits per heavy atom. The number of rotatable bonds is 4. The monoisotopic (exact) mass is 562 g/mol. The van der Waals surface area contributed by atoms with Gasteiger partial charge in [-0.3, -0.25) is 19.4 Å². The number of hydrogen-bond acceptors (Lipinski definition) is 8. The first-order chi connectivity index (χ1) is 18.6. The molecule has 2 aliphatic heterocycles. The molecule has 3 rings (SSSR count). The number of ether oxygens (including phenoxy) is 2. The maximum absolute atomic E-state index is 12.3. The summed E-state index contributed by atoms with van der Waals surface area (Å²) in [5.41, 5.74) is -0.467. The van der Waals surface area contributed by atoms with Gasteiger partial charge in [0.05, 0.1) is 7.11 Å². The van der Waals surface area contributed by atoms with Crippen LogP contribution in [0.5, 0.6) is 0 Å². The van der Waals surface area contributed by atoms with Crippen molar-refractivity contribution < 1.29 is 33.5 Å². The van der Waals surface area contributed by atoms with Gasteiger partial charge in [0, 0.05) is 51.3 Å². The van der Waals surface area contributed by atoms with Gasteiger partial charge in [0.15, 0.2) is 5.78 Å². The molecule has 2 saturated heterocycles. The van der Waals surface area contributed by atoms with Gasteiger partial charge in [-0.05, 0) is 79.4 Å². The molecule has 0 spiro atoms. The van der Waals surface area contributed by atoms with Crippen molar-refractivity contribution in [1.82, 2.24) is 19.8 Å². The van der Waals surface area contributed by atoms with E-state index in [0.717, 1.165) is 0 Å². The minimum absolute atomic E-state index is 0.0358. The molecule has 0 unspecified atom stereocenters. The molecular formula is C29H46N4O7. The number of carbonyl (C=O) groups excluding carboxylic acids is 4. The van der Waals surface area contributed by atoms with Crippen molar-refractivity contribution >= 4 is 23.9 Å². The molecule has 2 fully saturated rings. The number of carbonyl (C=O) groups is 4. The average molecular weight is 563 g/mol. The van der Waals surface area contributed by atoms with E-state index in [4.69, 9.17) is 14.3 Å². The zero-order valence-corrected chi connectivity index (χ0v) is 25.3. The van der Waals surface area contributed by atoms with Gasteiger partial charge in [-0.25, -0.2) is 14.7 Å². The van der Waals surface area contributed by atoms with Crippen LogP contribution in [0.1, 0.15) is 77.7 Å².